The van der Waals surface area contributed by atoms with Gasteiger partial charge in [0.25, 0.3) is 0 Å². The molecule has 0 spiro atoms. The van der Waals surface area contributed by atoms with E-state index in [1.54, 1.807) is 30.5 Å². The molecule has 2 aromatic rings. The van der Waals surface area contributed by atoms with Crippen molar-refractivity contribution in [2.24, 2.45) is 0 Å². The van der Waals surface area contributed by atoms with Crippen molar-refractivity contribution in [1.29, 1.82) is 0 Å². The molecule has 0 aromatic heterocycles. The van der Waals surface area contributed by atoms with Crippen molar-refractivity contribution in [3.8, 4) is 5.75 Å². The number of hydrogen-bond acceptors (Lipinski definition) is 4. The molecule has 0 saturated carbocycles. The minimum atomic E-state index is -1.05. The Hall–Kier alpha value is -2.51. The quantitative estimate of drug-likeness (QED) is 0.311. The first-order chi connectivity index (χ1) is 15.0. The van der Waals surface area contributed by atoms with Gasteiger partial charge in [-0.1, -0.05) is 43.2 Å². The van der Waals surface area contributed by atoms with Crippen molar-refractivity contribution in [2.45, 2.75) is 49.6 Å². The summed E-state index contributed by atoms with van der Waals surface area (Å²) < 4.78 is 17.3. The fraction of sp³-hybridized carbons (Fsp3) is 0.417. The van der Waals surface area contributed by atoms with Crippen LogP contribution in [-0.2, 0) is 27.2 Å². The van der Waals surface area contributed by atoms with Crippen molar-refractivity contribution in [3.63, 3.8) is 0 Å². The molecule has 3 rings (SSSR count). The fourth-order valence-electron chi connectivity index (χ4n) is 3.48. The lowest BCUT2D eigenvalue weighted by atomic mass is 10.1. The van der Waals surface area contributed by atoms with Gasteiger partial charge in [-0.25, -0.2) is 0 Å². The summed E-state index contributed by atoms with van der Waals surface area (Å²) in [5.74, 6) is 0.336. The number of likely N-dealkylation sites (tertiary alicyclic amines) is 1. The van der Waals surface area contributed by atoms with Gasteiger partial charge < -0.3 is 14.6 Å². The van der Waals surface area contributed by atoms with Crippen LogP contribution in [0.25, 0.3) is 0 Å². The Morgan fingerprint density at radius 1 is 1.10 bits per heavy atom. The second-order valence-electron chi connectivity index (χ2n) is 7.72. The standard InChI is InChI=1S/C24H30N2O4S/c1-31(29)21-14-12-20(13-15-21)30-24-17-23(28)26(24)18-22(27)25-16-8-3-2-5-9-19-10-6-4-7-11-19/h4,6-7,10-15,24H,2-3,5,8-9,16-18H2,1H3,(H,25,27). The molecular weight excluding hydrogens is 412 g/mol. The third-order valence-corrected chi connectivity index (χ3v) is 6.25. The van der Waals surface area contributed by atoms with Gasteiger partial charge in [0.1, 0.15) is 18.6 Å². The van der Waals surface area contributed by atoms with Gasteiger partial charge in [-0.15, -0.1) is 0 Å². The number of hydrogen-bond donors (Lipinski definition) is 1. The van der Waals surface area contributed by atoms with Crippen LogP contribution < -0.4 is 10.1 Å². The molecule has 6 nitrogen and oxygen atoms in total. The first-order valence-corrected chi connectivity index (χ1v) is 12.3. The van der Waals surface area contributed by atoms with E-state index in [4.69, 9.17) is 4.74 Å². The van der Waals surface area contributed by atoms with Gasteiger partial charge in [-0.2, -0.15) is 0 Å². The highest BCUT2D eigenvalue weighted by Crippen LogP contribution is 2.24. The Morgan fingerprint density at radius 2 is 1.81 bits per heavy atom. The molecular formula is C24H30N2O4S. The Balaban J connectivity index is 1.29. The molecule has 0 radical (unpaired) electrons. The minimum absolute atomic E-state index is 0.00850. The van der Waals surface area contributed by atoms with Gasteiger partial charge in [0.2, 0.25) is 11.8 Å². The van der Waals surface area contributed by atoms with Crippen molar-refractivity contribution in [1.82, 2.24) is 10.2 Å². The van der Waals surface area contributed by atoms with Gasteiger partial charge >= 0.3 is 0 Å². The van der Waals surface area contributed by atoms with Crippen LogP contribution in [0.15, 0.2) is 59.5 Å². The number of nitrogens with zero attached hydrogens (tertiary/aromatic N) is 1. The second-order valence-corrected chi connectivity index (χ2v) is 9.10. The van der Waals surface area contributed by atoms with Crippen LogP contribution in [0, 0.1) is 0 Å². The number of rotatable bonds is 12. The third-order valence-electron chi connectivity index (χ3n) is 5.32. The van der Waals surface area contributed by atoms with Crippen molar-refractivity contribution in [2.75, 3.05) is 19.3 Å². The van der Waals surface area contributed by atoms with Crippen molar-refractivity contribution < 1.29 is 18.9 Å². The van der Waals surface area contributed by atoms with E-state index in [0.717, 1.165) is 32.1 Å². The summed E-state index contributed by atoms with van der Waals surface area (Å²) in [6.07, 6.45) is 6.81. The maximum Gasteiger partial charge on any atom is 0.239 e. The molecule has 1 heterocycles. The summed E-state index contributed by atoms with van der Waals surface area (Å²) >= 11 is -1.05. The summed E-state index contributed by atoms with van der Waals surface area (Å²) in [5.41, 5.74) is 1.36. The SMILES string of the molecule is C[S+]([O-])c1ccc(OC2CC(=O)N2CC(=O)NCCCCCCc2ccccc2)cc1. The highest BCUT2D eigenvalue weighted by molar-refractivity contribution is 7.90. The Labute approximate surface area is 187 Å². The van der Waals surface area contributed by atoms with E-state index in [0.29, 0.717) is 17.2 Å². The van der Waals surface area contributed by atoms with Crippen LogP contribution in [0.4, 0.5) is 0 Å². The molecule has 7 heteroatoms. The van der Waals surface area contributed by atoms with Gasteiger partial charge in [-0.3, -0.25) is 14.5 Å². The molecule has 2 amide bonds. The Bertz CT molecular complexity index is 842. The average Bonchev–Trinajstić information content (AvgIpc) is 2.77. The molecule has 1 saturated heterocycles. The highest BCUT2D eigenvalue weighted by atomic mass is 32.2. The van der Waals surface area contributed by atoms with E-state index in [9.17, 15) is 14.1 Å². The number of ether oxygens (including phenoxy) is 1. The monoisotopic (exact) mass is 442 g/mol. The van der Waals surface area contributed by atoms with Crippen LogP contribution in [0.3, 0.4) is 0 Å². The molecule has 1 fully saturated rings. The predicted octanol–water partition coefficient (Wildman–Crippen LogP) is 3.28. The van der Waals surface area contributed by atoms with E-state index in [1.807, 2.05) is 6.07 Å². The number of amides is 2. The molecule has 1 aliphatic rings. The van der Waals surface area contributed by atoms with E-state index >= 15 is 0 Å². The predicted molar refractivity (Wildman–Crippen MR) is 121 cm³/mol. The summed E-state index contributed by atoms with van der Waals surface area (Å²) in [6.45, 7) is 0.627. The zero-order valence-electron chi connectivity index (χ0n) is 17.9. The first kappa shape index (κ1) is 23.2. The summed E-state index contributed by atoms with van der Waals surface area (Å²) in [6, 6.07) is 17.4. The zero-order chi connectivity index (χ0) is 22.1. The van der Waals surface area contributed by atoms with Crippen LogP contribution in [-0.4, -0.2) is 46.8 Å². The lowest BCUT2D eigenvalue weighted by molar-refractivity contribution is -0.163. The number of carbonyl (C=O) groups is 2. The highest BCUT2D eigenvalue weighted by Gasteiger charge is 2.39. The number of unbranched alkanes of at least 4 members (excludes halogenated alkanes) is 3. The molecule has 2 unspecified atom stereocenters. The lowest BCUT2D eigenvalue weighted by Gasteiger charge is -2.39. The van der Waals surface area contributed by atoms with Gasteiger partial charge in [0.05, 0.1) is 6.42 Å². The molecule has 0 bridgehead atoms. The molecule has 166 valence electrons. The van der Waals surface area contributed by atoms with Gasteiger partial charge in [0, 0.05) is 6.54 Å². The minimum Gasteiger partial charge on any atom is -0.612 e. The lowest BCUT2D eigenvalue weighted by Crippen LogP contribution is -2.58. The van der Waals surface area contributed by atoms with Gasteiger partial charge in [-0.05, 0) is 60.3 Å². The van der Waals surface area contributed by atoms with E-state index in [2.05, 4.69) is 29.6 Å². The van der Waals surface area contributed by atoms with E-state index < -0.39 is 17.4 Å². The topological polar surface area (TPSA) is 81.7 Å². The number of carbonyl (C=O) groups excluding carboxylic acids is 2. The average molecular weight is 443 g/mol. The largest absolute Gasteiger partial charge is 0.612 e. The van der Waals surface area contributed by atoms with Gasteiger partial charge in [0.15, 0.2) is 11.1 Å². The van der Waals surface area contributed by atoms with E-state index in [1.165, 1.54) is 10.5 Å². The molecule has 1 aliphatic heterocycles. The Kier molecular flexibility index (Phi) is 8.79. The number of nitrogens with one attached hydrogen (secondary N) is 1. The molecule has 1 N–H and O–H groups in total. The summed E-state index contributed by atoms with van der Waals surface area (Å²) in [5, 5.41) is 2.89. The zero-order valence-corrected chi connectivity index (χ0v) is 18.7. The van der Waals surface area contributed by atoms with Crippen molar-refractivity contribution >= 4 is 23.0 Å². The number of benzene rings is 2. The smallest absolute Gasteiger partial charge is 0.239 e. The maximum absolute atomic E-state index is 12.2. The van der Waals surface area contributed by atoms with Crippen LogP contribution in [0.1, 0.15) is 37.7 Å². The number of aryl methyl sites for hydroxylation is 1. The first-order valence-electron chi connectivity index (χ1n) is 10.7. The third kappa shape index (κ3) is 7.29. The molecule has 31 heavy (non-hydrogen) atoms. The van der Waals surface area contributed by atoms with E-state index in [-0.39, 0.29) is 24.8 Å². The van der Waals surface area contributed by atoms with Crippen molar-refractivity contribution in [3.05, 3.63) is 60.2 Å². The van der Waals surface area contributed by atoms with Crippen LogP contribution in [0.2, 0.25) is 0 Å². The molecule has 2 atom stereocenters. The van der Waals surface area contributed by atoms with Crippen LogP contribution in [0.5, 0.6) is 5.75 Å². The Morgan fingerprint density at radius 3 is 2.48 bits per heavy atom. The van der Waals surface area contributed by atoms with Crippen LogP contribution >= 0.6 is 0 Å². The molecule has 2 aromatic carbocycles. The normalized spacial score (nSPS) is 16.5. The summed E-state index contributed by atoms with van der Waals surface area (Å²) in [7, 11) is 0. The fourth-order valence-corrected chi connectivity index (χ4v) is 4.00. The maximum atomic E-state index is 12.2. The summed E-state index contributed by atoms with van der Waals surface area (Å²) in [4.78, 5) is 26.3. The molecule has 0 aliphatic carbocycles. The number of β-lactam (4-membered cyclic amide) rings is 1. The second kappa shape index (κ2) is 11.8.